The van der Waals surface area contributed by atoms with E-state index in [1.54, 1.807) is 13.1 Å². The van der Waals surface area contributed by atoms with Gasteiger partial charge >= 0.3 is 0 Å². The van der Waals surface area contributed by atoms with Crippen LogP contribution in [0.1, 0.15) is 31.9 Å². The van der Waals surface area contributed by atoms with Crippen molar-refractivity contribution in [2.45, 2.75) is 44.8 Å². The topological polar surface area (TPSA) is 115 Å². The monoisotopic (exact) mass is 639 g/mol. The smallest absolute Gasteiger partial charge is 0.267 e. The van der Waals surface area contributed by atoms with Gasteiger partial charge in [-0.25, -0.2) is 18.1 Å². The Morgan fingerprint density at radius 1 is 1.02 bits per heavy atom. The summed E-state index contributed by atoms with van der Waals surface area (Å²) in [5, 5.41) is 4.45. The third kappa shape index (κ3) is 7.15. The van der Waals surface area contributed by atoms with E-state index in [0.717, 1.165) is 43.0 Å². The van der Waals surface area contributed by atoms with E-state index in [1.165, 1.54) is 17.1 Å². The molecule has 0 atom stereocenters. The zero-order valence-corrected chi connectivity index (χ0v) is 27.2. The molecule has 1 saturated heterocycles. The average Bonchev–Trinajstić information content (AvgIpc) is 3.45. The molecule has 0 aliphatic carbocycles. The molecule has 11 nitrogen and oxygen atoms in total. The van der Waals surface area contributed by atoms with Gasteiger partial charge in [-0.2, -0.15) is 10.1 Å². The normalized spacial score (nSPS) is 14.3. The number of sulfonamides is 1. The van der Waals surface area contributed by atoms with Crippen LogP contribution in [0.15, 0.2) is 59.8 Å². The van der Waals surface area contributed by atoms with Gasteiger partial charge in [0.25, 0.3) is 10.0 Å². The number of hydrogen-bond acceptors (Lipinski definition) is 9. The van der Waals surface area contributed by atoms with Gasteiger partial charge in [0.1, 0.15) is 15.7 Å². The predicted molar refractivity (Wildman–Crippen MR) is 172 cm³/mol. The molecule has 3 heterocycles. The highest BCUT2D eigenvalue weighted by atomic mass is 35.5. The molecule has 1 aliphatic rings. The lowest BCUT2D eigenvalue weighted by molar-refractivity contribution is 0.0659. The molecule has 1 aliphatic heterocycles. The third-order valence-electron chi connectivity index (χ3n) is 7.38. The molecule has 1 fully saturated rings. The molecule has 0 bridgehead atoms. The van der Waals surface area contributed by atoms with Crippen molar-refractivity contribution in [3.63, 3.8) is 0 Å². The highest BCUT2D eigenvalue weighted by molar-refractivity contribution is 7.92. The predicted octanol–water partition coefficient (Wildman–Crippen LogP) is 5.36. The molecule has 0 saturated carbocycles. The van der Waals surface area contributed by atoms with E-state index < -0.39 is 10.0 Å². The molecule has 2 aromatic heterocycles. The first-order valence-corrected chi connectivity index (χ1v) is 16.4. The van der Waals surface area contributed by atoms with E-state index in [9.17, 15) is 8.42 Å². The first kappa shape index (κ1) is 31.7. The van der Waals surface area contributed by atoms with Crippen LogP contribution >= 0.6 is 11.6 Å². The van der Waals surface area contributed by atoms with Crippen molar-refractivity contribution in [1.82, 2.24) is 24.6 Å². The maximum atomic E-state index is 13.3. The second-order valence-electron chi connectivity index (χ2n) is 11.0. The van der Waals surface area contributed by atoms with Gasteiger partial charge in [0, 0.05) is 50.6 Å². The van der Waals surface area contributed by atoms with E-state index in [4.69, 9.17) is 26.1 Å². The number of likely N-dealkylation sites (N-methyl/N-ethyl adjacent to an activating group) is 1. The molecule has 44 heavy (non-hydrogen) atoms. The molecule has 1 N–H and O–H groups in total. The van der Waals surface area contributed by atoms with Gasteiger partial charge in [0.05, 0.1) is 30.3 Å². The van der Waals surface area contributed by atoms with Crippen molar-refractivity contribution < 1.29 is 17.9 Å². The van der Waals surface area contributed by atoms with Crippen LogP contribution in [0.5, 0.6) is 11.6 Å². The number of aryl methyl sites for hydroxylation is 1. The summed E-state index contributed by atoms with van der Waals surface area (Å²) in [5.41, 5.74) is 3.80. The van der Waals surface area contributed by atoms with Crippen molar-refractivity contribution in [1.29, 1.82) is 0 Å². The van der Waals surface area contributed by atoms with Crippen LogP contribution in [0.2, 0.25) is 5.02 Å². The molecular weight excluding hydrogens is 602 g/mol. The highest BCUT2D eigenvalue weighted by Gasteiger charge is 2.25. The molecule has 0 radical (unpaired) electrons. The summed E-state index contributed by atoms with van der Waals surface area (Å²) in [5.74, 6) is 0.486. The van der Waals surface area contributed by atoms with Crippen LogP contribution in [-0.2, 0) is 34.8 Å². The average molecular weight is 640 g/mol. The molecule has 0 amide bonds. The largest absolute Gasteiger partial charge is 0.437 e. The van der Waals surface area contributed by atoms with Crippen molar-refractivity contribution >= 4 is 33.3 Å². The fourth-order valence-corrected chi connectivity index (χ4v) is 6.17. The highest BCUT2D eigenvalue weighted by Crippen LogP contribution is 2.40. The lowest BCUT2D eigenvalue weighted by Gasteiger charge is -2.34. The molecule has 0 unspecified atom stereocenters. The Labute approximate surface area is 263 Å². The zero-order chi connectivity index (χ0) is 31.4. The molecule has 2 aromatic carbocycles. The Kier molecular flexibility index (Phi) is 9.74. The number of nitrogens with zero attached hydrogens (tertiary/aromatic N) is 6. The van der Waals surface area contributed by atoms with E-state index in [2.05, 4.69) is 31.7 Å². The number of piperazine rings is 1. The summed E-state index contributed by atoms with van der Waals surface area (Å²) in [4.78, 5) is 13.8. The van der Waals surface area contributed by atoms with Crippen LogP contribution in [0.4, 0.5) is 11.6 Å². The molecular formula is C31H38ClN7O4S. The second-order valence-corrected chi connectivity index (χ2v) is 13.0. The van der Waals surface area contributed by atoms with Gasteiger partial charge in [0.15, 0.2) is 0 Å². The standard InChI is InChI=1S/C31H38ClN7O4S/c1-6-24-29(25-11-8-7-10-22(25)20-42-21(2)3)34-31(36-44(40,41)23-18-33-38(5)19-23)35-30(24)43-27-13-9-12-26(28(27)32)39-16-14-37(4)15-17-39/h7-13,18-19,21H,6,14-17,20H2,1-5H3,(H,34,35,36). The fourth-order valence-electron chi connectivity index (χ4n) is 4.96. The molecule has 13 heteroatoms. The van der Waals surface area contributed by atoms with E-state index in [0.29, 0.717) is 35.1 Å². The maximum absolute atomic E-state index is 13.3. The van der Waals surface area contributed by atoms with Crippen LogP contribution < -0.4 is 14.4 Å². The van der Waals surface area contributed by atoms with E-state index in [-0.39, 0.29) is 22.8 Å². The third-order valence-corrected chi connectivity index (χ3v) is 9.04. The Balaban J connectivity index is 1.61. The first-order chi connectivity index (χ1) is 21.1. The van der Waals surface area contributed by atoms with Crippen molar-refractivity contribution in [3.05, 3.63) is 71.0 Å². The number of aromatic nitrogens is 4. The first-order valence-electron chi connectivity index (χ1n) is 14.6. The minimum atomic E-state index is -4.04. The van der Waals surface area contributed by atoms with Crippen molar-refractivity contribution in [2.24, 2.45) is 7.05 Å². The fraction of sp³-hybridized carbons (Fsp3) is 0.387. The van der Waals surface area contributed by atoms with Crippen LogP contribution in [-0.4, -0.2) is 72.4 Å². The minimum Gasteiger partial charge on any atom is -0.437 e. The Morgan fingerprint density at radius 3 is 2.45 bits per heavy atom. The molecule has 0 spiro atoms. The van der Waals surface area contributed by atoms with Crippen LogP contribution in [0.3, 0.4) is 0 Å². The number of halogens is 1. The van der Waals surface area contributed by atoms with Gasteiger partial charge in [-0.15, -0.1) is 0 Å². The number of anilines is 2. The molecule has 5 rings (SSSR count). The van der Waals surface area contributed by atoms with E-state index >= 15 is 0 Å². The summed E-state index contributed by atoms with van der Waals surface area (Å²) < 4.78 is 42.9. The summed E-state index contributed by atoms with van der Waals surface area (Å²) in [6.07, 6.45) is 3.21. The number of ether oxygens (including phenoxy) is 2. The Bertz CT molecular complexity index is 1720. The van der Waals surface area contributed by atoms with Crippen LogP contribution in [0, 0.1) is 0 Å². The SMILES string of the molecule is CCc1c(Oc2cccc(N3CCN(C)CC3)c2Cl)nc(NS(=O)(=O)c2cnn(C)c2)nc1-c1ccccc1COC(C)C. The van der Waals surface area contributed by atoms with Crippen molar-refractivity contribution in [3.8, 4) is 22.9 Å². The zero-order valence-electron chi connectivity index (χ0n) is 25.6. The number of hydrogen-bond donors (Lipinski definition) is 1. The van der Waals surface area contributed by atoms with Crippen LogP contribution in [0.25, 0.3) is 11.3 Å². The van der Waals surface area contributed by atoms with Gasteiger partial charge in [0.2, 0.25) is 11.8 Å². The quantitative estimate of drug-likeness (QED) is 0.231. The number of rotatable bonds is 11. The number of benzene rings is 2. The van der Waals surface area contributed by atoms with Gasteiger partial charge in [-0.1, -0.05) is 48.9 Å². The lowest BCUT2D eigenvalue weighted by atomic mass is 10.00. The summed E-state index contributed by atoms with van der Waals surface area (Å²) in [6.45, 7) is 9.81. The molecule has 4 aromatic rings. The summed E-state index contributed by atoms with van der Waals surface area (Å²) in [7, 11) is -0.295. The van der Waals surface area contributed by atoms with Crippen molar-refractivity contribution in [2.75, 3.05) is 42.8 Å². The Morgan fingerprint density at radius 2 is 1.77 bits per heavy atom. The lowest BCUT2D eigenvalue weighted by Crippen LogP contribution is -2.44. The number of nitrogens with one attached hydrogen (secondary N) is 1. The summed E-state index contributed by atoms with van der Waals surface area (Å²) >= 11 is 6.94. The maximum Gasteiger partial charge on any atom is 0.267 e. The minimum absolute atomic E-state index is 0.0131. The van der Waals surface area contributed by atoms with Gasteiger partial charge < -0.3 is 19.3 Å². The summed E-state index contributed by atoms with van der Waals surface area (Å²) in [6, 6.07) is 13.4. The van der Waals surface area contributed by atoms with E-state index in [1.807, 2.05) is 57.2 Å². The Hall–Kier alpha value is -3.71. The van der Waals surface area contributed by atoms with Gasteiger partial charge in [-0.3, -0.25) is 4.68 Å². The second kappa shape index (κ2) is 13.5. The van der Waals surface area contributed by atoms with Gasteiger partial charge in [-0.05, 0) is 45.0 Å². The molecule has 234 valence electrons.